The molecule has 0 saturated heterocycles. The number of sulfonamides is 1. The summed E-state index contributed by atoms with van der Waals surface area (Å²) in [5.41, 5.74) is -0.771. The molecule has 1 N–H and O–H groups in total. The van der Waals surface area contributed by atoms with Crippen LogP contribution < -0.4 is 4.72 Å². The van der Waals surface area contributed by atoms with E-state index < -0.39 is 26.5 Å². The summed E-state index contributed by atoms with van der Waals surface area (Å²) in [5.74, 6) is -1.20. The summed E-state index contributed by atoms with van der Waals surface area (Å²) in [6.07, 6.45) is 1.54. The summed E-state index contributed by atoms with van der Waals surface area (Å²) >= 11 is 1.33. The molecule has 10 heteroatoms. The van der Waals surface area contributed by atoms with E-state index in [0.717, 1.165) is 17.1 Å². The third kappa shape index (κ3) is 3.60. The first-order chi connectivity index (χ1) is 9.79. The number of thiazole rings is 1. The topological polar surface area (TPSA) is 102 Å². The smallest absolute Gasteiger partial charge is 0.258 e. The van der Waals surface area contributed by atoms with Crippen molar-refractivity contribution < 1.29 is 17.7 Å². The molecular weight excluding hydrogens is 321 g/mol. The van der Waals surface area contributed by atoms with Crippen molar-refractivity contribution >= 4 is 27.0 Å². The van der Waals surface area contributed by atoms with Crippen molar-refractivity contribution in [3.63, 3.8) is 0 Å². The van der Waals surface area contributed by atoms with E-state index >= 15 is 0 Å². The Balaban J connectivity index is 2.19. The van der Waals surface area contributed by atoms with Crippen LogP contribution in [0.25, 0.3) is 0 Å². The molecule has 1 aromatic heterocycles. The SMILES string of the molecule is Cc1ncc(CNS(=O)(=O)c2ccc([N+](=O)[O-])c(F)c2)s1. The molecule has 1 aromatic carbocycles. The monoisotopic (exact) mass is 331 g/mol. The molecule has 0 aliphatic rings. The third-order valence-electron chi connectivity index (χ3n) is 2.53. The van der Waals surface area contributed by atoms with Crippen LogP contribution in [0.2, 0.25) is 0 Å². The van der Waals surface area contributed by atoms with E-state index in [1.165, 1.54) is 11.3 Å². The maximum absolute atomic E-state index is 13.5. The van der Waals surface area contributed by atoms with Gasteiger partial charge >= 0.3 is 5.69 Å². The Kier molecular flexibility index (Phi) is 4.30. The van der Waals surface area contributed by atoms with Crippen LogP contribution in [0.4, 0.5) is 10.1 Å². The molecule has 0 atom stereocenters. The van der Waals surface area contributed by atoms with Gasteiger partial charge in [0, 0.05) is 29.8 Å². The fourth-order valence-electron chi connectivity index (χ4n) is 1.54. The van der Waals surface area contributed by atoms with Crippen LogP contribution in [0, 0.1) is 22.9 Å². The van der Waals surface area contributed by atoms with Gasteiger partial charge in [-0.15, -0.1) is 11.3 Å². The minimum absolute atomic E-state index is 0.0203. The van der Waals surface area contributed by atoms with E-state index in [9.17, 15) is 22.9 Å². The summed E-state index contributed by atoms with van der Waals surface area (Å²) in [6.45, 7) is 1.81. The number of aromatic nitrogens is 1. The highest BCUT2D eigenvalue weighted by atomic mass is 32.2. The van der Waals surface area contributed by atoms with Gasteiger partial charge in [0.2, 0.25) is 15.8 Å². The molecule has 7 nitrogen and oxygen atoms in total. The van der Waals surface area contributed by atoms with Crippen LogP contribution in [-0.2, 0) is 16.6 Å². The number of halogens is 1. The Morgan fingerprint density at radius 3 is 2.71 bits per heavy atom. The molecule has 2 aromatic rings. The number of rotatable bonds is 5. The van der Waals surface area contributed by atoms with E-state index in [4.69, 9.17) is 0 Å². The van der Waals surface area contributed by atoms with E-state index in [-0.39, 0.29) is 11.4 Å². The average molecular weight is 331 g/mol. The standard InChI is InChI=1S/C11H10FN3O4S2/c1-7-13-5-8(20-7)6-14-21(18,19)9-2-3-11(15(16)17)10(12)4-9/h2-5,14H,6H2,1H3. The molecule has 0 unspecified atom stereocenters. The van der Waals surface area contributed by atoms with Crippen molar-refractivity contribution in [2.24, 2.45) is 0 Å². The van der Waals surface area contributed by atoms with Crippen molar-refractivity contribution in [2.45, 2.75) is 18.4 Å². The predicted molar refractivity (Wildman–Crippen MR) is 73.9 cm³/mol. The van der Waals surface area contributed by atoms with Crippen LogP contribution in [-0.4, -0.2) is 18.3 Å². The number of nitrogens with one attached hydrogen (secondary N) is 1. The molecule has 0 bridgehead atoms. The van der Waals surface area contributed by atoms with Gasteiger partial charge in [-0.1, -0.05) is 0 Å². The molecule has 0 saturated carbocycles. The Morgan fingerprint density at radius 2 is 2.19 bits per heavy atom. The summed E-state index contributed by atoms with van der Waals surface area (Å²) in [7, 11) is -3.95. The van der Waals surface area contributed by atoms with Crippen molar-refractivity contribution in [1.29, 1.82) is 0 Å². The minimum atomic E-state index is -3.95. The molecule has 21 heavy (non-hydrogen) atoms. The number of nitrogens with zero attached hydrogens (tertiary/aromatic N) is 2. The van der Waals surface area contributed by atoms with E-state index in [0.29, 0.717) is 10.9 Å². The molecule has 112 valence electrons. The Labute approximate surface area is 123 Å². The third-order valence-corrected chi connectivity index (χ3v) is 4.84. The van der Waals surface area contributed by atoms with Crippen LogP contribution in [0.1, 0.15) is 9.88 Å². The zero-order valence-electron chi connectivity index (χ0n) is 10.7. The molecule has 0 spiro atoms. The predicted octanol–water partition coefficient (Wildman–Crippen LogP) is 1.98. The zero-order chi connectivity index (χ0) is 15.6. The first kappa shape index (κ1) is 15.5. The highest BCUT2D eigenvalue weighted by Crippen LogP contribution is 2.21. The van der Waals surface area contributed by atoms with Crippen molar-refractivity contribution in [1.82, 2.24) is 9.71 Å². The van der Waals surface area contributed by atoms with Crippen molar-refractivity contribution in [3.05, 3.63) is 50.2 Å². The minimum Gasteiger partial charge on any atom is -0.258 e. The second kappa shape index (κ2) is 5.84. The summed E-state index contributed by atoms with van der Waals surface area (Å²) < 4.78 is 39.7. The Hall–Kier alpha value is -1.91. The van der Waals surface area contributed by atoms with Gasteiger partial charge in [-0.2, -0.15) is 4.39 Å². The fourth-order valence-corrected chi connectivity index (χ4v) is 3.38. The fraction of sp³-hybridized carbons (Fsp3) is 0.182. The largest absolute Gasteiger partial charge is 0.304 e. The van der Waals surface area contributed by atoms with Crippen molar-refractivity contribution in [2.75, 3.05) is 0 Å². The molecule has 0 aliphatic heterocycles. The number of aryl methyl sites for hydroxylation is 1. The number of benzene rings is 1. The number of hydrogen-bond acceptors (Lipinski definition) is 6. The van der Waals surface area contributed by atoms with E-state index in [2.05, 4.69) is 9.71 Å². The Bertz CT molecular complexity index is 789. The molecule has 2 rings (SSSR count). The van der Waals surface area contributed by atoms with Gasteiger partial charge in [0.1, 0.15) is 0 Å². The average Bonchev–Trinajstić information content (AvgIpc) is 2.82. The lowest BCUT2D eigenvalue weighted by molar-refractivity contribution is -0.387. The molecular formula is C11H10FN3O4S2. The number of hydrogen-bond donors (Lipinski definition) is 1. The first-order valence-electron chi connectivity index (χ1n) is 5.64. The van der Waals surface area contributed by atoms with Gasteiger partial charge in [0.05, 0.1) is 14.8 Å². The lowest BCUT2D eigenvalue weighted by atomic mass is 10.3. The van der Waals surface area contributed by atoms with Gasteiger partial charge in [-0.05, 0) is 13.0 Å². The molecule has 0 aliphatic carbocycles. The van der Waals surface area contributed by atoms with Crippen LogP contribution in [0.15, 0.2) is 29.3 Å². The number of nitro groups is 1. The van der Waals surface area contributed by atoms with Gasteiger partial charge in [-0.25, -0.2) is 18.1 Å². The normalized spacial score (nSPS) is 11.5. The van der Waals surface area contributed by atoms with E-state index in [1.54, 1.807) is 13.1 Å². The maximum atomic E-state index is 13.5. The van der Waals surface area contributed by atoms with Gasteiger partial charge in [-0.3, -0.25) is 10.1 Å². The lowest BCUT2D eigenvalue weighted by Crippen LogP contribution is -2.23. The first-order valence-corrected chi connectivity index (χ1v) is 7.94. The summed E-state index contributed by atoms with van der Waals surface area (Å²) in [4.78, 5) is 13.9. The quantitative estimate of drug-likeness (QED) is 0.666. The number of nitro benzene ring substituents is 1. The molecule has 1 heterocycles. The van der Waals surface area contributed by atoms with Gasteiger partial charge < -0.3 is 0 Å². The highest BCUT2D eigenvalue weighted by molar-refractivity contribution is 7.89. The molecule has 0 amide bonds. The lowest BCUT2D eigenvalue weighted by Gasteiger charge is -2.05. The maximum Gasteiger partial charge on any atom is 0.304 e. The second-order valence-corrected chi connectivity index (χ2v) is 7.13. The van der Waals surface area contributed by atoms with Crippen LogP contribution >= 0.6 is 11.3 Å². The zero-order valence-corrected chi connectivity index (χ0v) is 12.4. The van der Waals surface area contributed by atoms with Gasteiger partial charge in [0.15, 0.2) is 0 Å². The van der Waals surface area contributed by atoms with E-state index in [1.807, 2.05) is 0 Å². The second-order valence-electron chi connectivity index (χ2n) is 4.04. The summed E-state index contributed by atoms with van der Waals surface area (Å²) in [5, 5.41) is 11.3. The van der Waals surface area contributed by atoms with Crippen LogP contribution in [0.5, 0.6) is 0 Å². The Morgan fingerprint density at radius 1 is 1.48 bits per heavy atom. The van der Waals surface area contributed by atoms with Crippen molar-refractivity contribution in [3.8, 4) is 0 Å². The van der Waals surface area contributed by atoms with Gasteiger partial charge in [0.25, 0.3) is 0 Å². The molecule has 0 fully saturated rings. The van der Waals surface area contributed by atoms with Crippen LogP contribution in [0.3, 0.4) is 0 Å². The highest BCUT2D eigenvalue weighted by Gasteiger charge is 2.20. The summed E-state index contributed by atoms with van der Waals surface area (Å²) in [6, 6.07) is 2.43. The molecule has 0 radical (unpaired) electrons.